The SMILES string of the molecule is CC(C)c1ccc(NC(=O)CN2CCN(c3ccc(C#N)cc3F)CC2)cc1. The Labute approximate surface area is 165 Å². The van der Waals surface area contributed by atoms with E-state index in [1.54, 1.807) is 12.1 Å². The second kappa shape index (κ2) is 8.85. The van der Waals surface area contributed by atoms with Crippen molar-refractivity contribution in [1.29, 1.82) is 5.26 Å². The minimum atomic E-state index is -0.380. The van der Waals surface area contributed by atoms with Gasteiger partial charge in [-0.1, -0.05) is 26.0 Å². The quantitative estimate of drug-likeness (QED) is 0.861. The van der Waals surface area contributed by atoms with Crippen molar-refractivity contribution < 1.29 is 9.18 Å². The summed E-state index contributed by atoms with van der Waals surface area (Å²) in [6, 6.07) is 14.4. The van der Waals surface area contributed by atoms with Crippen molar-refractivity contribution in [3.63, 3.8) is 0 Å². The van der Waals surface area contributed by atoms with Crippen LogP contribution in [0.25, 0.3) is 0 Å². The maximum atomic E-state index is 14.2. The Kier molecular flexibility index (Phi) is 6.27. The molecule has 146 valence electrons. The van der Waals surface area contributed by atoms with Gasteiger partial charge in [-0.15, -0.1) is 0 Å². The molecule has 0 aromatic heterocycles. The summed E-state index contributed by atoms with van der Waals surface area (Å²) < 4.78 is 14.2. The van der Waals surface area contributed by atoms with Crippen molar-refractivity contribution in [3.05, 3.63) is 59.4 Å². The molecule has 5 nitrogen and oxygen atoms in total. The van der Waals surface area contributed by atoms with Crippen molar-refractivity contribution in [1.82, 2.24) is 4.90 Å². The van der Waals surface area contributed by atoms with Crippen LogP contribution in [0.1, 0.15) is 30.9 Å². The number of carbonyl (C=O) groups is 1. The van der Waals surface area contributed by atoms with E-state index in [1.165, 1.54) is 11.6 Å². The third-order valence-corrected chi connectivity index (χ3v) is 5.02. The third kappa shape index (κ3) is 4.87. The molecule has 1 aliphatic heterocycles. The number of nitrogens with zero attached hydrogens (tertiary/aromatic N) is 3. The second-order valence-corrected chi connectivity index (χ2v) is 7.37. The highest BCUT2D eigenvalue weighted by Crippen LogP contribution is 2.22. The molecule has 0 atom stereocenters. The average Bonchev–Trinajstić information content (AvgIpc) is 2.69. The predicted octanol–water partition coefficient (Wildman–Crippen LogP) is 3.58. The van der Waals surface area contributed by atoms with Gasteiger partial charge in [0.2, 0.25) is 5.91 Å². The number of nitrogens with one attached hydrogen (secondary N) is 1. The fourth-order valence-electron chi connectivity index (χ4n) is 3.33. The summed E-state index contributed by atoms with van der Waals surface area (Å²) in [6.45, 7) is 7.22. The Morgan fingerprint density at radius 1 is 1.14 bits per heavy atom. The van der Waals surface area contributed by atoms with E-state index in [9.17, 15) is 9.18 Å². The molecule has 0 bridgehead atoms. The lowest BCUT2D eigenvalue weighted by molar-refractivity contribution is -0.117. The van der Waals surface area contributed by atoms with Crippen LogP contribution in [0.5, 0.6) is 0 Å². The summed E-state index contributed by atoms with van der Waals surface area (Å²) in [6.07, 6.45) is 0. The van der Waals surface area contributed by atoms with E-state index >= 15 is 0 Å². The minimum absolute atomic E-state index is 0.0460. The third-order valence-electron chi connectivity index (χ3n) is 5.02. The molecule has 1 fully saturated rings. The van der Waals surface area contributed by atoms with Gasteiger partial charge in [-0.2, -0.15) is 5.26 Å². The highest BCUT2D eigenvalue weighted by Gasteiger charge is 2.21. The number of rotatable bonds is 5. The molecule has 1 amide bonds. The van der Waals surface area contributed by atoms with Crippen LogP contribution < -0.4 is 10.2 Å². The van der Waals surface area contributed by atoms with Gasteiger partial charge in [0.05, 0.1) is 23.9 Å². The van der Waals surface area contributed by atoms with Crippen LogP contribution in [0.15, 0.2) is 42.5 Å². The van der Waals surface area contributed by atoms with E-state index in [1.807, 2.05) is 35.2 Å². The average molecular weight is 380 g/mol. The molecule has 0 aliphatic carbocycles. The Hall–Kier alpha value is -2.91. The van der Waals surface area contributed by atoms with Crippen molar-refractivity contribution in [2.45, 2.75) is 19.8 Å². The molecule has 1 heterocycles. The summed E-state index contributed by atoms with van der Waals surface area (Å²) >= 11 is 0. The van der Waals surface area contributed by atoms with Crippen LogP contribution in [0.4, 0.5) is 15.8 Å². The predicted molar refractivity (Wildman–Crippen MR) is 109 cm³/mol. The zero-order valence-corrected chi connectivity index (χ0v) is 16.3. The van der Waals surface area contributed by atoms with E-state index < -0.39 is 0 Å². The summed E-state index contributed by atoms with van der Waals surface area (Å²) in [7, 11) is 0. The lowest BCUT2D eigenvalue weighted by atomic mass is 10.0. The Morgan fingerprint density at radius 2 is 1.82 bits per heavy atom. The molecule has 6 heteroatoms. The molecule has 0 radical (unpaired) electrons. The van der Waals surface area contributed by atoms with Gasteiger partial charge in [0.1, 0.15) is 5.82 Å². The Balaban J connectivity index is 1.50. The van der Waals surface area contributed by atoms with Gasteiger partial charge >= 0.3 is 0 Å². The molecule has 2 aromatic rings. The second-order valence-electron chi connectivity index (χ2n) is 7.37. The van der Waals surface area contributed by atoms with Crippen LogP contribution in [0, 0.1) is 17.1 Å². The molecule has 1 saturated heterocycles. The number of anilines is 2. The molecule has 0 unspecified atom stereocenters. The zero-order valence-electron chi connectivity index (χ0n) is 16.3. The Morgan fingerprint density at radius 3 is 2.39 bits per heavy atom. The molecule has 2 aromatic carbocycles. The van der Waals surface area contributed by atoms with E-state index in [0.717, 1.165) is 5.69 Å². The van der Waals surface area contributed by atoms with E-state index in [2.05, 4.69) is 24.1 Å². The molecule has 0 saturated carbocycles. The van der Waals surface area contributed by atoms with Gasteiger partial charge in [0.25, 0.3) is 0 Å². The fraction of sp³-hybridized carbons (Fsp3) is 0.364. The molecular weight excluding hydrogens is 355 g/mol. The minimum Gasteiger partial charge on any atom is -0.367 e. The van der Waals surface area contributed by atoms with Gasteiger partial charge in [0, 0.05) is 31.9 Å². The Bertz CT molecular complexity index is 865. The van der Waals surface area contributed by atoms with Crippen LogP contribution in [0.2, 0.25) is 0 Å². The molecule has 28 heavy (non-hydrogen) atoms. The first kappa shape index (κ1) is 19.8. The summed E-state index contributed by atoms with van der Waals surface area (Å²) in [5, 5.41) is 11.8. The number of halogens is 1. The lowest BCUT2D eigenvalue weighted by Crippen LogP contribution is -2.48. The maximum Gasteiger partial charge on any atom is 0.238 e. The van der Waals surface area contributed by atoms with Crippen LogP contribution >= 0.6 is 0 Å². The van der Waals surface area contributed by atoms with Gasteiger partial charge in [-0.3, -0.25) is 9.69 Å². The number of nitriles is 1. The summed E-state index contributed by atoms with van der Waals surface area (Å²) in [5.41, 5.74) is 2.86. The number of benzene rings is 2. The largest absolute Gasteiger partial charge is 0.367 e. The van der Waals surface area contributed by atoms with Crippen molar-refractivity contribution in [2.75, 3.05) is 42.9 Å². The maximum absolute atomic E-state index is 14.2. The molecule has 0 spiro atoms. The van der Waals surface area contributed by atoms with Crippen molar-refractivity contribution in [2.24, 2.45) is 0 Å². The van der Waals surface area contributed by atoms with E-state index in [4.69, 9.17) is 5.26 Å². The van der Waals surface area contributed by atoms with Gasteiger partial charge in [0.15, 0.2) is 0 Å². The first-order valence-electron chi connectivity index (χ1n) is 9.53. The number of hydrogen-bond donors (Lipinski definition) is 1. The molecule has 1 N–H and O–H groups in total. The number of amides is 1. The van der Waals surface area contributed by atoms with E-state index in [-0.39, 0.29) is 11.7 Å². The highest BCUT2D eigenvalue weighted by atomic mass is 19.1. The lowest BCUT2D eigenvalue weighted by Gasteiger charge is -2.35. The number of carbonyl (C=O) groups excluding carboxylic acids is 1. The number of piperazine rings is 1. The zero-order chi connectivity index (χ0) is 20.1. The monoisotopic (exact) mass is 380 g/mol. The van der Waals surface area contributed by atoms with E-state index in [0.29, 0.717) is 49.9 Å². The fourth-order valence-corrected chi connectivity index (χ4v) is 3.33. The van der Waals surface area contributed by atoms with Crippen molar-refractivity contribution >= 4 is 17.3 Å². The van der Waals surface area contributed by atoms with Crippen molar-refractivity contribution in [3.8, 4) is 6.07 Å². The van der Waals surface area contributed by atoms with Crippen LogP contribution in [0.3, 0.4) is 0 Å². The summed E-state index contributed by atoms with van der Waals surface area (Å²) in [5.74, 6) is 0.0346. The molecular formula is C22H25FN4O. The van der Waals surface area contributed by atoms with Gasteiger partial charge < -0.3 is 10.2 Å². The molecule has 3 rings (SSSR count). The van der Waals surface area contributed by atoms with Crippen LogP contribution in [-0.2, 0) is 4.79 Å². The topological polar surface area (TPSA) is 59.4 Å². The highest BCUT2D eigenvalue weighted by molar-refractivity contribution is 5.92. The normalized spacial score (nSPS) is 14.8. The number of hydrogen-bond acceptors (Lipinski definition) is 4. The van der Waals surface area contributed by atoms with Crippen LogP contribution in [-0.4, -0.2) is 43.5 Å². The van der Waals surface area contributed by atoms with Gasteiger partial charge in [-0.25, -0.2) is 4.39 Å². The summed E-state index contributed by atoms with van der Waals surface area (Å²) in [4.78, 5) is 16.3. The molecule has 1 aliphatic rings. The standard InChI is InChI=1S/C22H25FN4O/c1-16(2)18-4-6-19(7-5-18)25-22(28)15-26-9-11-27(12-10-26)21-8-3-17(14-24)13-20(21)23/h3-8,13,16H,9-12,15H2,1-2H3,(H,25,28). The first-order valence-corrected chi connectivity index (χ1v) is 9.53. The first-order chi connectivity index (χ1) is 13.5. The smallest absolute Gasteiger partial charge is 0.238 e. The van der Waals surface area contributed by atoms with Gasteiger partial charge in [-0.05, 0) is 41.8 Å².